The number of furan rings is 1. The standard InChI is InChI=1S/C24H20FNO5/c1-2-13-30-18-11-5-15(6-12-18)22(27)20-21(19-4-3-14-31-19)26(24(29)23(20)28)17-9-7-16(25)8-10-17/h3-12,14,21,27H,2,13H2,1H3/b22-20-. The van der Waals surface area contributed by atoms with E-state index in [0.29, 0.717) is 29.4 Å². The van der Waals surface area contributed by atoms with E-state index in [9.17, 15) is 19.1 Å². The van der Waals surface area contributed by atoms with Gasteiger partial charge in [0.2, 0.25) is 0 Å². The summed E-state index contributed by atoms with van der Waals surface area (Å²) in [5.74, 6) is -1.56. The molecule has 1 aromatic heterocycles. The number of nitrogens with zero attached hydrogens (tertiary/aromatic N) is 1. The van der Waals surface area contributed by atoms with E-state index in [1.807, 2.05) is 6.92 Å². The average Bonchev–Trinajstić information content (AvgIpc) is 3.40. The Kier molecular flexibility index (Phi) is 5.58. The van der Waals surface area contributed by atoms with Gasteiger partial charge < -0.3 is 14.3 Å². The van der Waals surface area contributed by atoms with Crippen LogP contribution in [0.4, 0.5) is 10.1 Å². The summed E-state index contributed by atoms with van der Waals surface area (Å²) in [6, 6.07) is 14.0. The highest BCUT2D eigenvalue weighted by molar-refractivity contribution is 6.51. The van der Waals surface area contributed by atoms with E-state index in [2.05, 4.69) is 0 Å². The van der Waals surface area contributed by atoms with E-state index in [0.717, 1.165) is 6.42 Å². The number of aliphatic hydroxyl groups is 1. The fraction of sp³-hybridized carbons (Fsp3) is 0.167. The van der Waals surface area contributed by atoms with Crippen LogP contribution < -0.4 is 9.64 Å². The third kappa shape index (κ3) is 3.82. The van der Waals surface area contributed by atoms with Crippen LogP contribution >= 0.6 is 0 Å². The zero-order chi connectivity index (χ0) is 22.0. The van der Waals surface area contributed by atoms with Gasteiger partial charge in [0.25, 0.3) is 11.7 Å². The number of hydrogen-bond acceptors (Lipinski definition) is 5. The Labute approximate surface area is 178 Å². The number of halogens is 1. The molecule has 1 aliphatic rings. The van der Waals surface area contributed by atoms with Crippen molar-refractivity contribution in [3.05, 3.63) is 89.6 Å². The lowest BCUT2D eigenvalue weighted by atomic mass is 9.99. The summed E-state index contributed by atoms with van der Waals surface area (Å²) in [7, 11) is 0. The van der Waals surface area contributed by atoms with E-state index >= 15 is 0 Å². The first kappa shape index (κ1) is 20.4. The van der Waals surface area contributed by atoms with Crippen molar-refractivity contribution in [2.24, 2.45) is 0 Å². The molecule has 158 valence electrons. The maximum atomic E-state index is 13.4. The summed E-state index contributed by atoms with van der Waals surface area (Å²) < 4.78 is 24.4. The van der Waals surface area contributed by atoms with Gasteiger partial charge in [0.05, 0.1) is 18.4 Å². The number of hydrogen-bond donors (Lipinski definition) is 1. The zero-order valence-electron chi connectivity index (χ0n) is 16.7. The van der Waals surface area contributed by atoms with Crippen molar-refractivity contribution in [2.75, 3.05) is 11.5 Å². The topological polar surface area (TPSA) is 80.0 Å². The van der Waals surface area contributed by atoms with Crippen molar-refractivity contribution < 1.29 is 28.2 Å². The van der Waals surface area contributed by atoms with Crippen LogP contribution in [0, 0.1) is 5.82 Å². The van der Waals surface area contributed by atoms with E-state index in [1.54, 1.807) is 36.4 Å². The molecule has 1 unspecified atom stereocenters. The molecule has 7 heteroatoms. The largest absolute Gasteiger partial charge is 0.507 e. The van der Waals surface area contributed by atoms with E-state index in [1.165, 1.54) is 35.4 Å². The number of rotatable bonds is 6. The average molecular weight is 421 g/mol. The Morgan fingerprint density at radius 2 is 1.81 bits per heavy atom. The molecule has 1 amide bonds. The second-order valence-electron chi connectivity index (χ2n) is 7.03. The number of anilines is 1. The molecule has 2 heterocycles. The monoisotopic (exact) mass is 421 g/mol. The van der Waals surface area contributed by atoms with Crippen molar-refractivity contribution in [2.45, 2.75) is 19.4 Å². The summed E-state index contributed by atoms with van der Waals surface area (Å²) in [4.78, 5) is 27.0. The molecular weight excluding hydrogens is 401 g/mol. The predicted molar refractivity (Wildman–Crippen MR) is 112 cm³/mol. The molecule has 1 aliphatic heterocycles. The molecule has 1 fully saturated rings. The highest BCUT2D eigenvalue weighted by Crippen LogP contribution is 2.42. The van der Waals surface area contributed by atoms with Crippen LogP contribution in [0.5, 0.6) is 5.75 Å². The molecule has 3 aromatic rings. The zero-order valence-corrected chi connectivity index (χ0v) is 16.7. The van der Waals surface area contributed by atoms with Gasteiger partial charge in [-0.3, -0.25) is 14.5 Å². The summed E-state index contributed by atoms with van der Waals surface area (Å²) >= 11 is 0. The number of carbonyl (C=O) groups is 2. The van der Waals surface area contributed by atoms with Gasteiger partial charge >= 0.3 is 0 Å². The van der Waals surface area contributed by atoms with Crippen molar-refractivity contribution in [1.29, 1.82) is 0 Å². The fourth-order valence-corrected chi connectivity index (χ4v) is 3.50. The lowest BCUT2D eigenvalue weighted by Crippen LogP contribution is -2.29. The minimum Gasteiger partial charge on any atom is -0.507 e. The molecule has 0 bridgehead atoms. The van der Waals surface area contributed by atoms with Crippen molar-refractivity contribution in [1.82, 2.24) is 0 Å². The van der Waals surface area contributed by atoms with Gasteiger partial charge in [-0.2, -0.15) is 0 Å². The first-order valence-corrected chi connectivity index (χ1v) is 9.84. The highest BCUT2D eigenvalue weighted by atomic mass is 19.1. The molecule has 0 aliphatic carbocycles. The quantitative estimate of drug-likeness (QED) is 0.350. The Hall–Kier alpha value is -3.87. The third-order valence-electron chi connectivity index (χ3n) is 4.96. The number of carbonyl (C=O) groups excluding carboxylic acids is 2. The van der Waals surface area contributed by atoms with Crippen LogP contribution in [0.3, 0.4) is 0 Å². The molecule has 0 radical (unpaired) electrons. The highest BCUT2D eigenvalue weighted by Gasteiger charge is 2.48. The third-order valence-corrected chi connectivity index (χ3v) is 4.96. The van der Waals surface area contributed by atoms with Crippen molar-refractivity contribution in [3.8, 4) is 5.75 Å². The lowest BCUT2D eigenvalue weighted by Gasteiger charge is -2.23. The van der Waals surface area contributed by atoms with Gasteiger partial charge in [-0.1, -0.05) is 6.92 Å². The number of aliphatic hydroxyl groups excluding tert-OH is 1. The molecule has 31 heavy (non-hydrogen) atoms. The maximum Gasteiger partial charge on any atom is 0.300 e. The first-order valence-electron chi connectivity index (χ1n) is 9.84. The van der Waals surface area contributed by atoms with Crippen molar-refractivity contribution >= 4 is 23.1 Å². The molecular formula is C24H20FNO5. The molecule has 2 aromatic carbocycles. The Bertz CT molecular complexity index is 1120. The Morgan fingerprint density at radius 1 is 1.10 bits per heavy atom. The number of Topliss-reactive ketones (excluding diaryl/α,β-unsaturated/α-hetero) is 1. The molecule has 0 spiro atoms. The number of benzene rings is 2. The van der Waals surface area contributed by atoms with Gasteiger partial charge in [-0.25, -0.2) is 4.39 Å². The van der Waals surface area contributed by atoms with E-state index in [4.69, 9.17) is 9.15 Å². The van der Waals surface area contributed by atoms with Crippen LogP contribution in [0.1, 0.15) is 30.7 Å². The Morgan fingerprint density at radius 3 is 2.42 bits per heavy atom. The van der Waals surface area contributed by atoms with Crippen LogP contribution in [-0.4, -0.2) is 23.4 Å². The van der Waals surface area contributed by atoms with Gasteiger partial charge in [-0.05, 0) is 67.1 Å². The summed E-state index contributed by atoms with van der Waals surface area (Å²) in [6.07, 6.45) is 2.28. The fourth-order valence-electron chi connectivity index (χ4n) is 3.50. The number of ketones is 1. The number of ether oxygens (including phenoxy) is 1. The van der Waals surface area contributed by atoms with Crippen LogP contribution in [0.25, 0.3) is 5.76 Å². The van der Waals surface area contributed by atoms with Crippen molar-refractivity contribution in [3.63, 3.8) is 0 Å². The molecule has 1 saturated heterocycles. The molecule has 4 rings (SSSR count). The SMILES string of the molecule is CCCOc1ccc(/C(O)=C2/C(=O)C(=O)N(c3ccc(F)cc3)C2c2ccco2)cc1. The molecule has 0 saturated carbocycles. The second-order valence-corrected chi connectivity index (χ2v) is 7.03. The number of amides is 1. The maximum absolute atomic E-state index is 13.4. The normalized spacial score (nSPS) is 17.9. The first-order chi connectivity index (χ1) is 15.0. The predicted octanol–water partition coefficient (Wildman–Crippen LogP) is 4.83. The minimum atomic E-state index is -0.989. The summed E-state index contributed by atoms with van der Waals surface area (Å²) in [6.45, 7) is 2.56. The van der Waals surface area contributed by atoms with Crippen LogP contribution in [0.2, 0.25) is 0 Å². The lowest BCUT2D eigenvalue weighted by molar-refractivity contribution is -0.132. The Balaban J connectivity index is 1.80. The van der Waals surface area contributed by atoms with Gasteiger partial charge in [-0.15, -0.1) is 0 Å². The van der Waals surface area contributed by atoms with Gasteiger partial charge in [0.1, 0.15) is 29.1 Å². The van der Waals surface area contributed by atoms with Crippen LogP contribution in [-0.2, 0) is 9.59 Å². The molecule has 1 N–H and O–H groups in total. The smallest absolute Gasteiger partial charge is 0.300 e. The van der Waals surface area contributed by atoms with Gasteiger partial charge in [0, 0.05) is 11.3 Å². The van der Waals surface area contributed by atoms with Gasteiger partial charge in [0.15, 0.2) is 0 Å². The minimum absolute atomic E-state index is 0.105. The molecule has 1 atom stereocenters. The second kappa shape index (κ2) is 8.47. The summed E-state index contributed by atoms with van der Waals surface area (Å²) in [5.41, 5.74) is 0.566. The van der Waals surface area contributed by atoms with E-state index < -0.39 is 23.5 Å². The van der Waals surface area contributed by atoms with E-state index in [-0.39, 0.29) is 11.3 Å². The summed E-state index contributed by atoms with van der Waals surface area (Å²) in [5, 5.41) is 11.0. The van der Waals surface area contributed by atoms with Crippen LogP contribution in [0.15, 0.2) is 76.9 Å². The molecule has 6 nitrogen and oxygen atoms in total.